The van der Waals surface area contributed by atoms with Crippen molar-refractivity contribution in [2.75, 3.05) is 4.90 Å². The first kappa shape index (κ1) is 25.6. The number of anilines is 3. The minimum atomic E-state index is 0.514. The minimum absolute atomic E-state index is 0.514. The van der Waals surface area contributed by atoms with Gasteiger partial charge < -0.3 is 4.57 Å². The maximum atomic E-state index is 5.53. The number of aromatic nitrogens is 3. The SMILES string of the molecule is c1ccc(-n2c3c(c4ccccc42)C2CC2c2c-3n(-c3cccc(N4c5ccccc5Sc5ccccc54)n3)c3ccccc23)cc1. The van der Waals surface area contributed by atoms with E-state index >= 15 is 0 Å². The molecule has 1 saturated carbocycles. The van der Waals surface area contributed by atoms with Crippen molar-refractivity contribution in [1.29, 1.82) is 0 Å². The molecule has 0 N–H and O–H groups in total. The predicted molar refractivity (Wildman–Crippen MR) is 192 cm³/mol. The molecule has 0 spiro atoms. The molecule has 0 amide bonds. The number of para-hydroxylation sites is 5. The topological polar surface area (TPSA) is 26.0 Å². The van der Waals surface area contributed by atoms with Crippen molar-refractivity contribution in [3.63, 3.8) is 0 Å². The second kappa shape index (κ2) is 9.50. The Morgan fingerprint density at radius 1 is 0.489 bits per heavy atom. The van der Waals surface area contributed by atoms with Gasteiger partial charge >= 0.3 is 0 Å². The Bertz CT molecular complexity index is 2510. The van der Waals surface area contributed by atoms with E-state index in [4.69, 9.17) is 4.98 Å². The van der Waals surface area contributed by atoms with E-state index in [0.717, 1.165) is 23.0 Å². The summed E-state index contributed by atoms with van der Waals surface area (Å²) in [7, 11) is 0. The van der Waals surface area contributed by atoms with E-state index in [1.807, 2.05) is 11.8 Å². The number of nitrogens with zero attached hydrogens (tertiary/aromatic N) is 4. The molecule has 5 aromatic carbocycles. The molecule has 11 rings (SSSR count). The van der Waals surface area contributed by atoms with Crippen molar-refractivity contribution in [2.24, 2.45) is 0 Å². The summed E-state index contributed by atoms with van der Waals surface area (Å²) in [5.41, 5.74) is 11.5. The van der Waals surface area contributed by atoms with Crippen LogP contribution in [0.15, 0.2) is 155 Å². The second-order valence-electron chi connectivity index (χ2n) is 12.7. The van der Waals surface area contributed by atoms with Gasteiger partial charge in [-0.2, -0.15) is 0 Å². The van der Waals surface area contributed by atoms with Crippen LogP contribution in [0, 0.1) is 0 Å². The van der Waals surface area contributed by atoms with Crippen molar-refractivity contribution in [2.45, 2.75) is 28.0 Å². The van der Waals surface area contributed by atoms with E-state index in [-0.39, 0.29) is 0 Å². The molecule has 2 atom stereocenters. The molecule has 2 aliphatic carbocycles. The van der Waals surface area contributed by atoms with Crippen LogP contribution in [-0.2, 0) is 0 Å². The molecule has 3 aromatic heterocycles. The largest absolute Gasteiger partial charge is 0.307 e. The third-order valence-electron chi connectivity index (χ3n) is 10.2. The lowest BCUT2D eigenvalue weighted by molar-refractivity contribution is 0.947. The van der Waals surface area contributed by atoms with E-state index in [1.165, 1.54) is 66.2 Å². The number of benzene rings is 5. The van der Waals surface area contributed by atoms with Crippen LogP contribution in [0.5, 0.6) is 0 Å². The molecule has 0 saturated heterocycles. The van der Waals surface area contributed by atoms with Gasteiger partial charge in [0, 0.05) is 26.3 Å². The lowest BCUT2D eigenvalue weighted by atomic mass is 9.92. The van der Waals surface area contributed by atoms with Crippen LogP contribution in [0.1, 0.15) is 29.4 Å². The number of rotatable bonds is 3. The highest BCUT2D eigenvalue weighted by atomic mass is 32.2. The first-order chi connectivity index (χ1) is 23.3. The molecule has 2 unspecified atom stereocenters. The third kappa shape index (κ3) is 3.52. The standard InChI is InChI=1S/C42H28N4S/c1-2-13-26(14-3-1)44-31-17-6-4-15-27(31)39-29-25-30(29)40-28-16-5-7-18-32(28)46(42(40)41(39)44)38-24-12-23-37(43-38)45-33-19-8-10-21-35(33)47-36-22-11-9-20-34(36)45/h1-24,29-30H,25H2. The van der Waals surface area contributed by atoms with E-state index < -0.39 is 0 Å². The fraction of sp³-hybridized carbons (Fsp3) is 0.0714. The van der Waals surface area contributed by atoms with Crippen LogP contribution >= 0.6 is 11.8 Å². The average Bonchev–Trinajstić information content (AvgIpc) is 3.73. The number of hydrogen-bond acceptors (Lipinski definition) is 3. The molecule has 1 aliphatic heterocycles. The van der Waals surface area contributed by atoms with Crippen molar-refractivity contribution < 1.29 is 0 Å². The van der Waals surface area contributed by atoms with Crippen LogP contribution in [0.4, 0.5) is 17.2 Å². The molecule has 4 nitrogen and oxygen atoms in total. The Hall–Kier alpha value is -5.52. The lowest BCUT2D eigenvalue weighted by Gasteiger charge is -2.32. The summed E-state index contributed by atoms with van der Waals surface area (Å²) >= 11 is 1.82. The van der Waals surface area contributed by atoms with E-state index in [2.05, 4.69) is 160 Å². The number of hydrogen-bond donors (Lipinski definition) is 0. The summed E-state index contributed by atoms with van der Waals surface area (Å²) in [4.78, 5) is 10.3. The molecule has 3 aliphatic rings. The van der Waals surface area contributed by atoms with Crippen molar-refractivity contribution in [1.82, 2.24) is 14.1 Å². The molecule has 222 valence electrons. The highest BCUT2D eigenvalue weighted by Gasteiger charge is 2.51. The molecule has 0 radical (unpaired) electrons. The normalized spacial score (nSPS) is 17.1. The van der Waals surface area contributed by atoms with Gasteiger partial charge in [0.05, 0.1) is 33.8 Å². The molecule has 4 heterocycles. The maximum Gasteiger partial charge on any atom is 0.140 e. The molecular formula is C42H28N4S. The minimum Gasteiger partial charge on any atom is -0.307 e. The first-order valence-corrected chi connectivity index (χ1v) is 17.1. The van der Waals surface area contributed by atoms with Gasteiger partial charge in [0.2, 0.25) is 0 Å². The van der Waals surface area contributed by atoms with Crippen LogP contribution in [0.3, 0.4) is 0 Å². The predicted octanol–water partition coefficient (Wildman–Crippen LogP) is 11.2. The fourth-order valence-electron chi connectivity index (χ4n) is 8.28. The van der Waals surface area contributed by atoms with Gasteiger partial charge in [-0.15, -0.1) is 0 Å². The Balaban J connectivity index is 1.22. The van der Waals surface area contributed by atoms with Crippen LogP contribution < -0.4 is 4.90 Å². The lowest BCUT2D eigenvalue weighted by Crippen LogP contribution is -2.17. The smallest absolute Gasteiger partial charge is 0.140 e. The molecular weight excluding hydrogens is 593 g/mol. The van der Waals surface area contributed by atoms with Crippen LogP contribution in [0.2, 0.25) is 0 Å². The van der Waals surface area contributed by atoms with Gasteiger partial charge in [0.25, 0.3) is 0 Å². The summed E-state index contributed by atoms with van der Waals surface area (Å²) in [5, 5.41) is 2.70. The van der Waals surface area contributed by atoms with Gasteiger partial charge in [-0.05, 0) is 90.0 Å². The highest BCUT2D eigenvalue weighted by Crippen LogP contribution is 2.66. The number of fused-ring (bicyclic) bond motifs is 12. The van der Waals surface area contributed by atoms with Crippen molar-refractivity contribution >= 4 is 50.8 Å². The zero-order chi connectivity index (χ0) is 30.6. The van der Waals surface area contributed by atoms with E-state index in [0.29, 0.717) is 11.8 Å². The summed E-state index contributed by atoms with van der Waals surface area (Å²) < 4.78 is 4.96. The summed E-state index contributed by atoms with van der Waals surface area (Å²) in [5.74, 6) is 2.89. The van der Waals surface area contributed by atoms with E-state index in [9.17, 15) is 0 Å². The van der Waals surface area contributed by atoms with Gasteiger partial charge in [-0.3, -0.25) is 9.47 Å². The molecule has 0 bridgehead atoms. The Morgan fingerprint density at radius 2 is 1.02 bits per heavy atom. The molecule has 47 heavy (non-hydrogen) atoms. The summed E-state index contributed by atoms with van der Waals surface area (Å²) in [6, 6.07) is 52.6. The molecule has 1 fully saturated rings. The third-order valence-corrected chi connectivity index (χ3v) is 11.3. The van der Waals surface area contributed by atoms with Gasteiger partial charge in [0.15, 0.2) is 0 Å². The van der Waals surface area contributed by atoms with Crippen molar-refractivity contribution in [3.8, 4) is 22.9 Å². The zero-order valence-electron chi connectivity index (χ0n) is 25.4. The van der Waals surface area contributed by atoms with Gasteiger partial charge in [0.1, 0.15) is 11.6 Å². The van der Waals surface area contributed by atoms with Crippen LogP contribution in [-0.4, -0.2) is 14.1 Å². The Kier molecular flexibility index (Phi) is 5.19. The molecule has 8 aromatic rings. The summed E-state index contributed by atoms with van der Waals surface area (Å²) in [6.07, 6.45) is 1.18. The zero-order valence-corrected chi connectivity index (χ0v) is 26.2. The Morgan fingerprint density at radius 3 is 1.70 bits per heavy atom. The first-order valence-electron chi connectivity index (χ1n) is 16.3. The van der Waals surface area contributed by atoms with Crippen molar-refractivity contribution in [3.05, 3.63) is 157 Å². The summed E-state index contributed by atoms with van der Waals surface area (Å²) in [6.45, 7) is 0. The van der Waals surface area contributed by atoms with Gasteiger partial charge in [-0.1, -0.05) is 96.7 Å². The van der Waals surface area contributed by atoms with E-state index in [1.54, 1.807) is 0 Å². The van der Waals surface area contributed by atoms with Gasteiger partial charge in [-0.25, -0.2) is 4.98 Å². The van der Waals surface area contributed by atoms with Crippen LogP contribution in [0.25, 0.3) is 44.7 Å². The average molecular weight is 621 g/mol. The fourth-order valence-corrected chi connectivity index (χ4v) is 9.33. The Labute approximate surface area is 276 Å². The second-order valence-corrected chi connectivity index (χ2v) is 13.8. The monoisotopic (exact) mass is 620 g/mol. The highest BCUT2D eigenvalue weighted by molar-refractivity contribution is 7.99. The maximum absolute atomic E-state index is 5.53. The quantitative estimate of drug-likeness (QED) is 0.197. The molecule has 5 heteroatoms. The number of pyridine rings is 1.